The predicted molar refractivity (Wildman–Crippen MR) is 73.3 cm³/mol. The van der Waals surface area contributed by atoms with E-state index in [9.17, 15) is 0 Å². The molecule has 3 N–H and O–H groups in total. The van der Waals surface area contributed by atoms with Crippen molar-refractivity contribution in [3.8, 4) is 0 Å². The Labute approximate surface area is 110 Å². The lowest BCUT2D eigenvalue weighted by Crippen LogP contribution is -2.16. The van der Waals surface area contributed by atoms with E-state index in [2.05, 4.69) is 43.5 Å². The summed E-state index contributed by atoms with van der Waals surface area (Å²) in [5.74, 6) is 1.83. The van der Waals surface area contributed by atoms with Crippen LogP contribution in [0.4, 0.5) is 11.8 Å². The third-order valence-electron chi connectivity index (χ3n) is 2.64. The van der Waals surface area contributed by atoms with Crippen molar-refractivity contribution in [2.45, 2.75) is 19.8 Å². The Hall–Kier alpha value is -0.880. The standard InChI is InChI=1S/C11H19BrN4O/c1-3-8(4-5-17)6-14-10-9(12)7-15-11(13-2)16-10/h7-8,17H,3-6H2,1-2H3,(H2,13,14,15,16). The molecule has 0 saturated carbocycles. The van der Waals surface area contributed by atoms with Gasteiger partial charge in [-0.15, -0.1) is 0 Å². The van der Waals surface area contributed by atoms with Gasteiger partial charge in [0.05, 0.1) is 4.47 Å². The van der Waals surface area contributed by atoms with Crippen LogP contribution in [0.2, 0.25) is 0 Å². The van der Waals surface area contributed by atoms with E-state index in [1.807, 2.05) is 0 Å². The lowest BCUT2D eigenvalue weighted by atomic mass is 10.0. The third-order valence-corrected chi connectivity index (χ3v) is 3.22. The van der Waals surface area contributed by atoms with Crippen molar-refractivity contribution in [3.05, 3.63) is 10.7 Å². The van der Waals surface area contributed by atoms with E-state index in [0.717, 1.165) is 29.7 Å². The molecule has 0 aliphatic carbocycles. The van der Waals surface area contributed by atoms with E-state index in [-0.39, 0.29) is 6.61 Å². The van der Waals surface area contributed by atoms with Crippen LogP contribution in [0.5, 0.6) is 0 Å². The van der Waals surface area contributed by atoms with Crippen molar-refractivity contribution in [1.29, 1.82) is 0 Å². The SMILES string of the molecule is CCC(CCO)CNc1nc(NC)ncc1Br. The summed E-state index contributed by atoms with van der Waals surface area (Å²) in [7, 11) is 1.79. The Balaban J connectivity index is 2.60. The Morgan fingerprint density at radius 2 is 2.29 bits per heavy atom. The van der Waals surface area contributed by atoms with Crippen molar-refractivity contribution in [3.63, 3.8) is 0 Å². The molecule has 5 nitrogen and oxygen atoms in total. The molecule has 0 saturated heterocycles. The Bertz CT molecular complexity index is 348. The molecule has 0 amide bonds. The number of anilines is 2. The van der Waals surface area contributed by atoms with Crippen LogP contribution in [0, 0.1) is 5.92 Å². The van der Waals surface area contributed by atoms with Gasteiger partial charge in [0.2, 0.25) is 5.95 Å². The summed E-state index contributed by atoms with van der Waals surface area (Å²) in [6.45, 7) is 3.15. The number of aromatic nitrogens is 2. The maximum Gasteiger partial charge on any atom is 0.224 e. The first-order valence-corrected chi connectivity index (χ1v) is 6.55. The van der Waals surface area contributed by atoms with Gasteiger partial charge in [-0.05, 0) is 28.3 Å². The van der Waals surface area contributed by atoms with E-state index in [1.54, 1.807) is 13.2 Å². The molecule has 6 heteroatoms. The second kappa shape index (κ2) is 7.45. The summed E-state index contributed by atoms with van der Waals surface area (Å²) in [6.07, 6.45) is 3.56. The van der Waals surface area contributed by atoms with Gasteiger partial charge >= 0.3 is 0 Å². The molecule has 1 aromatic heterocycles. The highest BCUT2D eigenvalue weighted by Crippen LogP contribution is 2.20. The zero-order chi connectivity index (χ0) is 12.7. The number of rotatable bonds is 7. The Morgan fingerprint density at radius 1 is 1.53 bits per heavy atom. The zero-order valence-corrected chi connectivity index (χ0v) is 11.8. The van der Waals surface area contributed by atoms with Gasteiger partial charge in [0.1, 0.15) is 5.82 Å². The van der Waals surface area contributed by atoms with E-state index in [4.69, 9.17) is 5.11 Å². The molecule has 0 bridgehead atoms. The fraction of sp³-hybridized carbons (Fsp3) is 0.636. The van der Waals surface area contributed by atoms with Crippen LogP contribution in [-0.4, -0.2) is 35.3 Å². The van der Waals surface area contributed by atoms with Gasteiger partial charge in [0, 0.05) is 26.4 Å². The van der Waals surface area contributed by atoms with Crippen molar-refractivity contribution >= 4 is 27.7 Å². The molecule has 0 aliphatic rings. The summed E-state index contributed by atoms with van der Waals surface area (Å²) in [5, 5.41) is 15.1. The van der Waals surface area contributed by atoms with Crippen molar-refractivity contribution in [2.24, 2.45) is 5.92 Å². The Morgan fingerprint density at radius 3 is 2.88 bits per heavy atom. The minimum atomic E-state index is 0.229. The summed E-state index contributed by atoms with van der Waals surface area (Å²) in [4.78, 5) is 8.41. The molecule has 1 rings (SSSR count). The molecular weight excluding hydrogens is 284 g/mol. The van der Waals surface area contributed by atoms with Crippen LogP contribution in [0.25, 0.3) is 0 Å². The topological polar surface area (TPSA) is 70.1 Å². The highest BCUT2D eigenvalue weighted by molar-refractivity contribution is 9.10. The first-order chi connectivity index (χ1) is 8.21. The highest BCUT2D eigenvalue weighted by Gasteiger charge is 2.08. The lowest BCUT2D eigenvalue weighted by molar-refractivity contribution is 0.258. The van der Waals surface area contributed by atoms with E-state index in [1.165, 1.54) is 0 Å². The number of aliphatic hydroxyl groups is 1. The summed E-state index contributed by atoms with van der Waals surface area (Å²) < 4.78 is 0.843. The first kappa shape index (κ1) is 14.2. The maximum absolute atomic E-state index is 8.93. The van der Waals surface area contributed by atoms with Gasteiger partial charge in [0.15, 0.2) is 0 Å². The predicted octanol–water partition coefficient (Wildman–Crippen LogP) is 2.10. The fourth-order valence-electron chi connectivity index (χ4n) is 1.49. The molecule has 17 heavy (non-hydrogen) atoms. The van der Waals surface area contributed by atoms with Crippen LogP contribution in [-0.2, 0) is 0 Å². The molecule has 0 aromatic carbocycles. The third kappa shape index (κ3) is 4.47. The van der Waals surface area contributed by atoms with Gasteiger partial charge in [-0.25, -0.2) is 4.98 Å². The van der Waals surface area contributed by atoms with Crippen LogP contribution >= 0.6 is 15.9 Å². The zero-order valence-electron chi connectivity index (χ0n) is 10.2. The minimum absolute atomic E-state index is 0.229. The number of nitrogens with one attached hydrogen (secondary N) is 2. The average molecular weight is 303 g/mol. The van der Waals surface area contributed by atoms with Gasteiger partial charge < -0.3 is 15.7 Å². The van der Waals surface area contributed by atoms with Crippen LogP contribution < -0.4 is 10.6 Å². The van der Waals surface area contributed by atoms with Crippen LogP contribution in [0.1, 0.15) is 19.8 Å². The van der Waals surface area contributed by atoms with Gasteiger partial charge in [0.25, 0.3) is 0 Å². The fourth-order valence-corrected chi connectivity index (χ4v) is 1.82. The van der Waals surface area contributed by atoms with Gasteiger partial charge in [-0.1, -0.05) is 13.3 Å². The summed E-state index contributed by atoms with van der Waals surface area (Å²) >= 11 is 3.41. The monoisotopic (exact) mass is 302 g/mol. The lowest BCUT2D eigenvalue weighted by Gasteiger charge is -2.15. The smallest absolute Gasteiger partial charge is 0.224 e. The molecule has 0 aliphatic heterocycles. The second-order valence-electron chi connectivity index (χ2n) is 3.81. The number of hydrogen-bond acceptors (Lipinski definition) is 5. The van der Waals surface area contributed by atoms with E-state index < -0.39 is 0 Å². The molecule has 0 spiro atoms. The number of aliphatic hydroxyl groups excluding tert-OH is 1. The quantitative estimate of drug-likeness (QED) is 0.719. The normalized spacial score (nSPS) is 12.2. The molecule has 1 heterocycles. The second-order valence-corrected chi connectivity index (χ2v) is 4.66. The molecule has 0 fully saturated rings. The van der Waals surface area contributed by atoms with Crippen molar-refractivity contribution in [2.75, 3.05) is 30.8 Å². The van der Waals surface area contributed by atoms with E-state index in [0.29, 0.717) is 11.9 Å². The van der Waals surface area contributed by atoms with Crippen LogP contribution in [0.3, 0.4) is 0 Å². The molecule has 0 radical (unpaired) electrons. The minimum Gasteiger partial charge on any atom is -0.396 e. The summed E-state index contributed by atoms with van der Waals surface area (Å²) in [6, 6.07) is 0. The molecule has 1 unspecified atom stereocenters. The maximum atomic E-state index is 8.93. The molecule has 1 atom stereocenters. The highest BCUT2D eigenvalue weighted by atomic mass is 79.9. The summed E-state index contributed by atoms with van der Waals surface area (Å²) in [5.41, 5.74) is 0. The van der Waals surface area contributed by atoms with Crippen LogP contribution in [0.15, 0.2) is 10.7 Å². The largest absolute Gasteiger partial charge is 0.396 e. The van der Waals surface area contributed by atoms with E-state index >= 15 is 0 Å². The first-order valence-electron chi connectivity index (χ1n) is 5.76. The number of nitrogens with zero attached hydrogens (tertiary/aromatic N) is 2. The van der Waals surface area contributed by atoms with Crippen molar-refractivity contribution < 1.29 is 5.11 Å². The number of halogens is 1. The van der Waals surface area contributed by atoms with Gasteiger partial charge in [-0.3, -0.25) is 0 Å². The molecular formula is C11H19BrN4O. The van der Waals surface area contributed by atoms with Gasteiger partial charge in [-0.2, -0.15) is 4.98 Å². The Kier molecular flexibility index (Phi) is 6.21. The average Bonchev–Trinajstić information content (AvgIpc) is 2.36. The number of hydrogen-bond donors (Lipinski definition) is 3. The van der Waals surface area contributed by atoms with Crippen molar-refractivity contribution in [1.82, 2.24) is 9.97 Å². The molecule has 1 aromatic rings. The molecule has 96 valence electrons.